The molecule has 0 unspecified atom stereocenters. The molecule has 0 saturated carbocycles. The number of halogens is 1. The second kappa shape index (κ2) is 9.62. The highest BCUT2D eigenvalue weighted by molar-refractivity contribution is 7.80. The Bertz CT molecular complexity index is 1260. The molecular formula is C25H19FN2O4S. The number of rotatable bonds is 6. The molecule has 3 aromatic rings. The summed E-state index contributed by atoms with van der Waals surface area (Å²) in [5.74, 6) is -0.609. The van der Waals surface area contributed by atoms with Gasteiger partial charge in [-0.05, 0) is 65.8 Å². The van der Waals surface area contributed by atoms with Crippen LogP contribution in [0.2, 0.25) is 0 Å². The Balaban J connectivity index is 1.59. The van der Waals surface area contributed by atoms with E-state index in [1.54, 1.807) is 54.6 Å². The molecule has 4 rings (SSSR count). The Hall–Kier alpha value is -4.04. The summed E-state index contributed by atoms with van der Waals surface area (Å²) in [4.78, 5) is 26.9. The largest absolute Gasteiger partial charge is 0.493 e. The number of hydrogen-bond donors (Lipinski definition) is 1. The zero-order chi connectivity index (χ0) is 23.4. The first kappa shape index (κ1) is 22.2. The molecule has 0 atom stereocenters. The number of anilines is 1. The highest BCUT2D eigenvalue weighted by Gasteiger charge is 2.34. The van der Waals surface area contributed by atoms with Crippen molar-refractivity contribution >= 4 is 40.9 Å². The maximum Gasteiger partial charge on any atom is 0.270 e. The average molecular weight is 463 g/mol. The number of thiocarbonyl (C=S) groups is 1. The molecule has 33 heavy (non-hydrogen) atoms. The summed E-state index contributed by atoms with van der Waals surface area (Å²) < 4.78 is 24.5. The van der Waals surface area contributed by atoms with Crippen molar-refractivity contribution in [3.05, 3.63) is 95.3 Å². The number of nitrogens with one attached hydrogen (secondary N) is 1. The van der Waals surface area contributed by atoms with Crippen molar-refractivity contribution in [2.45, 2.75) is 6.61 Å². The second-order valence-electron chi connectivity index (χ2n) is 7.12. The zero-order valence-electron chi connectivity index (χ0n) is 17.6. The van der Waals surface area contributed by atoms with Gasteiger partial charge in [0.05, 0.1) is 12.8 Å². The van der Waals surface area contributed by atoms with Gasteiger partial charge in [0.15, 0.2) is 16.6 Å². The summed E-state index contributed by atoms with van der Waals surface area (Å²) in [5, 5.41) is 2.57. The fourth-order valence-corrected chi connectivity index (χ4v) is 3.60. The summed E-state index contributed by atoms with van der Waals surface area (Å²) in [6, 6.07) is 19.9. The molecule has 1 heterocycles. The minimum Gasteiger partial charge on any atom is -0.493 e. The lowest BCUT2D eigenvalue weighted by Crippen LogP contribution is -2.54. The Morgan fingerprint density at radius 2 is 1.79 bits per heavy atom. The number of carbonyl (C=O) groups is 2. The van der Waals surface area contributed by atoms with Crippen molar-refractivity contribution < 1.29 is 23.5 Å². The van der Waals surface area contributed by atoms with Crippen molar-refractivity contribution in [2.75, 3.05) is 12.0 Å². The smallest absolute Gasteiger partial charge is 0.270 e. The lowest BCUT2D eigenvalue weighted by molar-refractivity contribution is -0.122. The van der Waals surface area contributed by atoms with Gasteiger partial charge in [-0.2, -0.15) is 0 Å². The van der Waals surface area contributed by atoms with Crippen LogP contribution < -0.4 is 19.7 Å². The van der Waals surface area contributed by atoms with E-state index in [9.17, 15) is 14.0 Å². The van der Waals surface area contributed by atoms with Crippen molar-refractivity contribution in [3.63, 3.8) is 0 Å². The topological polar surface area (TPSA) is 67.9 Å². The van der Waals surface area contributed by atoms with E-state index in [4.69, 9.17) is 21.7 Å². The van der Waals surface area contributed by atoms with Crippen LogP contribution in [0.15, 0.2) is 78.4 Å². The van der Waals surface area contributed by atoms with Crippen LogP contribution in [0.3, 0.4) is 0 Å². The molecule has 0 aliphatic carbocycles. The van der Waals surface area contributed by atoms with E-state index in [1.807, 2.05) is 6.07 Å². The molecule has 1 fully saturated rings. The lowest BCUT2D eigenvalue weighted by atomic mass is 10.1. The van der Waals surface area contributed by atoms with Gasteiger partial charge in [0, 0.05) is 0 Å². The highest BCUT2D eigenvalue weighted by atomic mass is 32.1. The predicted octanol–water partition coefficient (Wildman–Crippen LogP) is 4.24. The molecule has 0 bridgehead atoms. The van der Waals surface area contributed by atoms with Crippen LogP contribution in [0.4, 0.5) is 10.1 Å². The number of carbonyl (C=O) groups excluding carboxylic acids is 2. The van der Waals surface area contributed by atoms with Crippen LogP contribution in [0.5, 0.6) is 11.5 Å². The third-order valence-corrected chi connectivity index (χ3v) is 5.18. The minimum atomic E-state index is -0.581. The minimum absolute atomic E-state index is 0.0204. The van der Waals surface area contributed by atoms with E-state index in [0.29, 0.717) is 28.3 Å². The first-order chi connectivity index (χ1) is 16.0. The number of amides is 2. The van der Waals surface area contributed by atoms with Gasteiger partial charge in [-0.25, -0.2) is 4.39 Å². The number of methoxy groups -OCH3 is 1. The van der Waals surface area contributed by atoms with E-state index in [-0.39, 0.29) is 23.1 Å². The Morgan fingerprint density at radius 3 is 2.52 bits per heavy atom. The van der Waals surface area contributed by atoms with E-state index in [2.05, 4.69) is 5.32 Å². The second-order valence-corrected chi connectivity index (χ2v) is 7.51. The molecule has 1 aliphatic heterocycles. The Kier molecular flexibility index (Phi) is 6.46. The maximum absolute atomic E-state index is 13.4. The fraction of sp³-hybridized carbons (Fsp3) is 0.0800. The molecule has 3 aromatic carbocycles. The Morgan fingerprint density at radius 1 is 1.00 bits per heavy atom. The molecule has 0 radical (unpaired) electrons. The van der Waals surface area contributed by atoms with Gasteiger partial charge in [-0.15, -0.1) is 0 Å². The molecule has 8 heteroatoms. The fourth-order valence-electron chi connectivity index (χ4n) is 3.32. The summed E-state index contributed by atoms with van der Waals surface area (Å²) in [6.07, 6.45) is 1.47. The molecule has 0 spiro atoms. The molecular weight excluding hydrogens is 443 g/mol. The number of ether oxygens (including phenoxy) is 2. The monoisotopic (exact) mass is 462 g/mol. The van der Waals surface area contributed by atoms with Gasteiger partial charge < -0.3 is 9.47 Å². The molecule has 6 nitrogen and oxygen atoms in total. The standard InChI is InChI=1S/C25H19FN2O4S/c1-31-22-14-16(10-11-21(22)32-15-17-6-5-7-18(26)12-17)13-20-23(29)27-25(33)28(24(20)30)19-8-3-2-4-9-19/h2-14H,15H2,1H3,(H,27,29,33). The zero-order valence-corrected chi connectivity index (χ0v) is 18.4. The molecule has 1 aliphatic rings. The van der Waals surface area contributed by atoms with E-state index in [0.717, 1.165) is 0 Å². The number of para-hydroxylation sites is 1. The van der Waals surface area contributed by atoms with E-state index >= 15 is 0 Å². The van der Waals surface area contributed by atoms with Crippen LogP contribution in [0.1, 0.15) is 11.1 Å². The molecule has 166 valence electrons. The first-order valence-corrected chi connectivity index (χ1v) is 10.4. The van der Waals surface area contributed by atoms with Crippen molar-refractivity contribution in [1.82, 2.24) is 5.32 Å². The normalized spacial score (nSPS) is 14.9. The predicted molar refractivity (Wildman–Crippen MR) is 126 cm³/mol. The first-order valence-electron chi connectivity index (χ1n) is 9.98. The van der Waals surface area contributed by atoms with Crippen LogP contribution in [-0.4, -0.2) is 24.0 Å². The van der Waals surface area contributed by atoms with Gasteiger partial charge in [0.1, 0.15) is 18.0 Å². The number of benzene rings is 3. The molecule has 0 aromatic heterocycles. The molecule has 1 saturated heterocycles. The van der Waals surface area contributed by atoms with Crippen LogP contribution in [0.25, 0.3) is 6.08 Å². The SMILES string of the molecule is COc1cc(C=C2C(=O)NC(=S)N(c3ccccc3)C2=O)ccc1OCc1cccc(F)c1. The van der Waals surface area contributed by atoms with Gasteiger partial charge in [0.25, 0.3) is 11.8 Å². The van der Waals surface area contributed by atoms with Crippen LogP contribution in [-0.2, 0) is 16.2 Å². The van der Waals surface area contributed by atoms with Gasteiger partial charge in [-0.1, -0.05) is 36.4 Å². The summed E-state index contributed by atoms with van der Waals surface area (Å²) in [6.45, 7) is 0.152. The van der Waals surface area contributed by atoms with Crippen LogP contribution in [0, 0.1) is 5.82 Å². The van der Waals surface area contributed by atoms with Crippen LogP contribution >= 0.6 is 12.2 Å². The van der Waals surface area contributed by atoms with Crippen molar-refractivity contribution in [1.29, 1.82) is 0 Å². The van der Waals surface area contributed by atoms with Gasteiger partial charge in [-0.3, -0.25) is 19.8 Å². The van der Waals surface area contributed by atoms with Crippen molar-refractivity contribution in [2.24, 2.45) is 0 Å². The lowest BCUT2D eigenvalue weighted by Gasteiger charge is -2.28. The quantitative estimate of drug-likeness (QED) is 0.337. The third kappa shape index (κ3) is 4.91. The number of nitrogens with zero attached hydrogens (tertiary/aromatic N) is 1. The maximum atomic E-state index is 13.4. The summed E-state index contributed by atoms with van der Waals surface area (Å²) in [5.41, 5.74) is 1.72. The third-order valence-electron chi connectivity index (χ3n) is 4.90. The highest BCUT2D eigenvalue weighted by Crippen LogP contribution is 2.30. The summed E-state index contributed by atoms with van der Waals surface area (Å²) in [7, 11) is 1.48. The van der Waals surface area contributed by atoms with Gasteiger partial charge in [0.2, 0.25) is 0 Å². The molecule has 1 N–H and O–H groups in total. The van der Waals surface area contributed by atoms with Crippen molar-refractivity contribution in [3.8, 4) is 11.5 Å². The average Bonchev–Trinajstić information content (AvgIpc) is 2.81. The molecule has 2 amide bonds. The summed E-state index contributed by atoms with van der Waals surface area (Å²) >= 11 is 5.20. The Labute approximate surface area is 195 Å². The van der Waals surface area contributed by atoms with E-state index < -0.39 is 11.8 Å². The van der Waals surface area contributed by atoms with E-state index in [1.165, 1.54) is 30.2 Å². The van der Waals surface area contributed by atoms with Gasteiger partial charge >= 0.3 is 0 Å². The number of hydrogen-bond acceptors (Lipinski definition) is 5.